The number of aryl methyl sites for hydroxylation is 3. The van der Waals surface area contributed by atoms with E-state index in [4.69, 9.17) is 0 Å². The third kappa shape index (κ3) is 2.97. The number of benzene rings is 1. The molecule has 1 aromatic carbocycles. The van der Waals surface area contributed by atoms with Crippen molar-refractivity contribution in [1.82, 2.24) is 5.32 Å². The first-order chi connectivity index (χ1) is 9.74. The molecule has 1 aromatic heterocycles. The largest absolute Gasteiger partial charge is 0.309 e. The van der Waals surface area contributed by atoms with Crippen molar-refractivity contribution in [3.05, 3.63) is 56.8 Å². The normalized spacial score (nSPS) is 12.6. The van der Waals surface area contributed by atoms with Crippen LogP contribution in [0.5, 0.6) is 0 Å². The second-order valence-corrected chi connectivity index (χ2v) is 6.07. The highest BCUT2D eigenvalue weighted by molar-refractivity contribution is 7.10. The van der Waals surface area contributed by atoms with E-state index >= 15 is 0 Å². The van der Waals surface area contributed by atoms with Gasteiger partial charge in [-0.15, -0.1) is 11.3 Å². The Morgan fingerprint density at radius 1 is 0.950 bits per heavy atom. The molecule has 1 unspecified atom stereocenters. The number of nitrogens with one attached hydrogen (secondary N) is 1. The van der Waals surface area contributed by atoms with Crippen LogP contribution in [0.15, 0.2) is 29.6 Å². The Bertz CT molecular complexity index is 556. The molecule has 0 aliphatic rings. The molecule has 2 heteroatoms. The minimum Gasteiger partial charge on any atom is -0.309 e. The zero-order valence-corrected chi connectivity index (χ0v) is 13.8. The summed E-state index contributed by atoms with van der Waals surface area (Å²) in [5, 5.41) is 5.70. The quantitative estimate of drug-likeness (QED) is 0.809. The Morgan fingerprint density at radius 3 is 2.25 bits per heavy atom. The predicted molar refractivity (Wildman–Crippen MR) is 89.8 cm³/mol. The molecule has 0 radical (unpaired) electrons. The first-order valence-corrected chi connectivity index (χ1v) is 8.48. The fourth-order valence-corrected chi connectivity index (χ4v) is 3.97. The van der Waals surface area contributed by atoms with Gasteiger partial charge in [0.05, 0.1) is 6.04 Å². The van der Waals surface area contributed by atoms with E-state index in [1.165, 1.54) is 27.1 Å². The van der Waals surface area contributed by atoms with Crippen LogP contribution in [0.25, 0.3) is 0 Å². The maximum atomic E-state index is 3.49. The average Bonchev–Trinajstić information content (AvgIpc) is 2.96. The summed E-state index contributed by atoms with van der Waals surface area (Å²) in [5.74, 6) is 0. The van der Waals surface area contributed by atoms with Gasteiger partial charge >= 0.3 is 0 Å². The summed E-state index contributed by atoms with van der Waals surface area (Å²) in [4.78, 5) is 1.46. The molecule has 0 aliphatic carbocycles. The van der Waals surface area contributed by atoms with Gasteiger partial charge in [0.1, 0.15) is 0 Å². The minimum atomic E-state index is 0.321. The van der Waals surface area contributed by atoms with Crippen molar-refractivity contribution in [2.75, 3.05) is 7.05 Å². The molecule has 2 aromatic rings. The van der Waals surface area contributed by atoms with Gasteiger partial charge in [-0.25, -0.2) is 0 Å². The standard InChI is InChI=1S/C18H25NS/c1-5-13-8-9-16(12-15(13)7-3)17(19-4)18-14(6-2)10-11-20-18/h8-12,17,19H,5-7H2,1-4H3. The van der Waals surface area contributed by atoms with Gasteiger partial charge < -0.3 is 5.32 Å². The van der Waals surface area contributed by atoms with E-state index in [1.807, 2.05) is 11.3 Å². The van der Waals surface area contributed by atoms with E-state index in [1.54, 1.807) is 0 Å². The summed E-state index contributed by atoms with van der Waals surface area (Å²) in [6.07, 6.45) is 3.33. The van der Waals surface area contributed by atoms with E-state index in [2.05, 4.69) is 62.8 Å². The van der Waals surface area contributed by atoms with Gasteiger partial charge in [-0.3, -0.25) is 0 Å². The van der Waals surface area contributed by atoms with Crippen molar-refractivity contribution in [3.63, 3.8) is 0 Å². The zero-order valence-electron chi connectivity index (χ0n) is 13.0. The molecule has 108 valence electrons. The van der Waals surface area contributed by atoms with Crippen molar-refractivity contribution in [2.24, 2.45) is 0 Å². The molecule has 1 heterocycles. The zero-order chi connectivity index (χ0) is 14.5. The van der Waals surface area contributed by atoms with Crippen molar-refractivity contribution in [2.45, 2.75) is 46.1 Å². The second-order valence-electron chi connectivity index (χ2n) is 5.12. The molecule has 0 spiro atoms. The lowest BCUT2D eigenvalue weighted by molar-refractivity contribution is 0.695. The van der Waals surface area contributed by atoms with Gasteiger partial charge in [-0.05, 0) is 60.0 Å². The lowest BCUT2D eigenvalue weighted by atomic mass is 9.95. The van der Waals surface area contributed by atoms with Crippen LogP contribution in [-0.4, -0.2) is 7.05 Å². The third-order valence-corrected chi connectivity index (χ3v) is 5.06. The molecule has 0 bridgehead atoms. The average molecular weight is 287 g/mol. The molecule has 20 heavy (non-hydrogen) atoms. The highest BCUT2D eigenvalue weighted by atomic mass is 32.1. The SMILES string of the molecule is CCc1ccc(C(NC)c2sccc2CC)cc1CC. The van der Waals surface area contributed by atoms with Crippen molar-refractivity contribution >= 4 is 11.3 Å². The Balaban J connectivity index is 2.42. The Morgan fingerprint density at radius 2 is 1.65 bits per heavy atom. The number of thiophene rings is 1. The van der Waals surface area contributed by atoms with Crippen molar-refractivity contribution < 1.29 is 0 Å². The molecule has 1 nitrogen and oxygen atoms in total. The summed E-state index contributed by atoms with van der Waals surface area (Å²) >= 11 is 1.86. The van der Waals surface area contributed by atoms with Crippen LogP contribution in [0.2, 0.25) is 0 Å². The lowest BCUT2D eigenvalue weighted by Gasteiger charge is -2.19. The van der Waals surface area contributed by atoms with Gasteiger partial charge in [0.25, 0.3) is 0 Å². The van der Waals surface area contributed by atoms with Crippen LogP contribution in [0.1, 0.15) is 53.9 Å². The van der Waals surface area contributed by atoms with E-state index in [9.17, 15) is 0 Å². The highest BCUT2D eigenvalue weighted by Crippen LogP contribution is 2.31. The second kappa shape index (κ2) is 7.05. The van der Waals surface area contributed by atoms with Gasteiger partial charge in [0.2, 0.25) is 0 Å². The van der Waals surface area contributed by atoms with Gasteiger partial charge in [-0.1, -0.05) is 39.0 Å². The molecular formula is C18H25NS. The first kappa shape index (κ1) is 15.3. The fourth-order valence-electron chi connectivity index (χ4n) is 2.84. The van der Waals surface area contributed by atoms with Crippen LogP contribution < -0.4 is 5.32 Å². The van der Waals surface area contributed by atoms with Crippen molar-refractivity contribution in [1.29, 1.82) is 0 Å². The van der Waals surface area contributed by atoms with Gasteiger partial charge in [0, 0.05) is 4.88 Å². The number of rotatable bonds is 6. The van der Waals surface area contributed by atoms with Crippen LogP contribution in [0.3, 0.4) is 0 Å². The molecule has 0 aliphatic heterocycles. The summed E-state index contributed by atoms with van der Waals surface area (Å²) in [6.45, 7) is 6.71. The third-order valence-electron chi connectivity index (χ3n) is 4.04. The topological polar surface area (TPSA) is 12.0 Å². The molecular weight excluding hydrogens is 262 g/mol. The summed E-state index contributed by atoms with van der Waals surface area (Å²) in [7, 11) is 2.06. The predicted octanol–water partition coefficient (Wildman–Crippen LogP) is 4.74. The highest BCUT2D eigenvalue weighted by Gasteiger charge is 2.17. The first-order valence-electron chi connectivity index (χ1n) is 7.60. The molecule has 0 fully saturated rings. The van der Waals surface area contributed by atoms with Crippen LogP contribution in [-0.2, 0) is 19.3 Å². The lowest BCUT2D eigenvalue weighted by Crippen LogP contribution is -2.18. The number of hydrogen-bond donors (Lipinski definition) is 1. The Kier molecular flexibility index (Phi) is 5.38. The molecule has 2 rings (SSSR count). The summed E-state index contributed by atoms with van der Waals surface area (Å²) in [6, 6.07) is 9.56. The van der Waals surface area contributed by atoms with Crippen LogP contribution in [0, 0.1) is 0 Å². The summed E-state index contributed by atoms with van der Waals surface area (Å²) in [5.41, 5.74) is 5.82. The number of hydrogen-bond acceptors (Lipinski definition) is 2. The van der Waals surface area contributed by atoms with E-state index in [0.717, 1.165) is 19.3 Å². The molecule has 1 N–H and O–H groups in total. The fraction of sp³-hybridized carbons (Fsp3) is 0.444. The molecule has 1 atom stereocenters. The van der Waals surface area contributed by atoms with Gasteiger partial charge in [-0.2, -0.15) is 0 Å². The smallest absolute Gasteiger partial charge is 0.0671 e. The van der Waals surface area contributed by atoms with E-state index in [-0.39, 0.29) is 0 Å². The Labute approximate surface area is 127 Å². The maximum absolute atomic E-state index is 3.49. The van der Waals surface area contributed by atoms with E-state index in [0.29, 0.717) is 6.04 Å². The molecule has 0 saturated heterocycles. The van der Waals surface area contributed by atoms with Crippen molar-refractivity contribution in [3.8, 4) is 0 Å². The Hall–Kier alpha value is -1.12. The minimum absolute atomic E-state index is 0.321. The van der Waals surface area contributed by atoms with Gasteiger partial charge in [0.15, 0.2) is 0 Å². The van der Waals surface area contributed by atoms with E-state index < -0.39 is 0 Å². The molecule has 0 saturated carbocycles. The monoisotopic (exact) mass is 287 g/mol. The van der Waals surface area contributed by atoms with Crippen LogP contribution >= 0.6 is 11.3 Å². The van der Waals surface area contributed by atoms with Crippen LogP contribution in [0.4, 0.5) is 0 Å². The summed E-state index contributed by atoms with van der Waals surface area (Å²) < 4.78 is 0. The maximum Gasteiger partial charge on any atom is 0.0671 e. The molecule has 0 amide bonds.